The first-order valence-corrected chi connectivity index (χ1v) is 9.74. The number of nitrogens with zero attached hydrogens (tertiary/aromatic N) is 4. The summed E-state index contributed by atoms with van der Waals surface area (Å²) in [5.41, 5.74) is 1.50. The number of esters is 1. The summed E-state index contributed by atoms with van der Waals surface area (Å²) in [6.45, 7) is -0.469. The molecule has 0 atom stereocenters. The Hall–Kier alpha value is -3.84. The molecule has 0 fully saturated rings. The van der Waals surface area contributed by atoms with E-state index in [4.69, 9.17) is 4.74 Å². The van der Waals surface area contributed by atoms with Gasteiger partial charge in [0, 0.05) is 23.5 Å². The fourth-order valence-electron chi connectivity index (χ4n) is 3.05. The van der Waals surface area contributed by atoms with Gasteiger partial charge in [0.1, 0.15) is 5.75 Å². The zero-order valence-corrected chi connectivity index (χ0v) is 17.8. The van der Waals surface area contributed by atoms with Crippen molar-refractivity contribution in [2.45, 2.75) is 39.5 Å². The first kappa shape index (κ1) is 24.8. The summed E-state index contributed by atoms with van der Waals surface area (Å²) in [5.74, 6) is -2.99. The predicted molar refractivity (Wildman–Crippen MR) is 106 cm³/mol. The number of anilines is 1. The van der Waals surface area contributed by atoms with Gasteiger partial charge in [0.2, 0.25) is 0 Å². The van der Waals surface area contributed by atoms with E-state index in [1.165, 1.54) is 31.2 Å². The van der Waals surface area contributed by atoms with Crippen molar-refractivity contribution in [1.29, 1.82) is 0 Å². The van der Waals surface area contributed by atoms with Gasteiger partial charge in [-0.05, 0) is 50.1 Å². The van der Waals surface area contributed by atoms with E-state index in [1.807, 2.05) is 0 Å². The molecule has 3 rings (SSSR count). The van der Waals surface area contributed by atoms with Gasteiger partial charge in [0.05, 0.1) is 0 Å². The lowest BCUT2D eigenvalue weighted by molar-refractivity contribution is -0.147. The van der Waals surface area contributed by atoms with Crippen molar-refractivity contribution in [3.05, 3.63) is 47.0 Å². The van der Waals surface area contributed by atoms with Crippen molar-refractivity contribution in [1.82, 2.24) is 19.6 Å². The Morgan fingerprint density at radius 2 is 1.79 bits per heavy atom. The van der Waals surface area contributed by atoms with Gasteiger partial charge in [-0.3, -0.25) is 9.59 Å². The molecule has 9 nitrogen and oxygen atoms in total. The standard InChI is InChI=1S/C20H18F5N5O4/c1-10-14(11(2)30-19(26-10)28-17(29-30)20(23,24)25)7-8-16(32)33-9-15(31)27-12-3-5-13(6-4-12)34-18(21)22/h3-6,18H,7-9H2,1-2H3,(H,27,31). The van der Waals surface area contributed by atoms with E-state index in [-0.39, 0.29) is 30.1 Å². The number of nitrogens with one attached hydrogen (secondary N) is 1. The zero-order valence-electron chi connectivity index (χ0n) is 17.8. The van der Waals surface area contributed by atoms with Crippen LogP contribution in [0.5, 0.6) is 5.75 Å². The third-order valence-electron chi connectivity index (χ3n) is 4.61. The highest BCUT2D eigenvalue weighted by atomic mass is 19.4. The number of carbonyl (C=O) groups is 2. The number of halogens is 5. The number of ether oxygens (including phenoxy) is 2. The molecule has 34 heavy (non-hydrogen) atoms. The molecule has 182 valence electrons. The fourth-order valence-corrected chi connectivity index (χ4v) is 3.05. The maximum atomic E-state index is 12.9. The molecule has 14 heteroatoms. The van der Waals surface area contributed by atoms with E-state index in [0.717, 1.165) is 4.52 Å². The van der Waals surface area contributed by atoms with Crippen molar-refractivity contribution in [2.24, 2.45) is 0 Å². The highest BCUT2D eigenvalue weighted by molar-refractivity contribution is 5.92. The molecule has 0 spiro atoms. The molecule has 2 aromatic heterocycles. The Labute approximate surface area is 188 Å². The molecule has 0 radical (unpaired) electrons. The highest BCUT2D eigenvalue weighted by Crippen LogP contribution is 2.27. The minimum absolute atomic E-state index is 0.0850. The van der Waals surface area contributed by atoms with Crippen molar-refractivity contribution in [2.75, 3.05) is 11.9 Å². The Morgan fingerprint density at radius 3 is 2.41 bits per heavy atom. The van der Waals surface area contributed by atoms with Crippen LogP contribution in [0.2, 0.25) is 0 Å². The van der Waals surface area contributed by atoms with Crippen LogP contribution in [0.25, 0.3) is 5.78 Å². The fraction of sp³-hybridized carbons (Fsp3) is 0.350. The van der Waals surface area contributed by atoms with Crippen LogP contribution in [-0.4, -0.2) is 44.7 Å². The van der Waals surface area contributed by atoms with Crippen molar-refractivity contribution in [3.8, 4) is 5.75 Å². The molecule has 1 amide bonds. The Bertz CT molecular complexity index is 1190. The largest absolute Gasteiger partial charge is 0.456 e. The Kier molecular flexibility index (Phi) is 7.27. The van der Waals surface area contributed by atoms with E-state index in [9.17, 15) is 31.5 Å². The molecular weight excluding hydrogens is 469 g/mol. The summed E-state index contributed by atoms with van der Waals surface area (Å²) in [6, 6.07) is 5.13. The number of hydrogen-bond donors (Lipinski definition) is 1. The summed E-state index contributed by atoms with van der Waals surface area (Å²) in [7, 11) is 0. The van der Waals surface area contributed by atoms with Gasteiger partial charge in [-0.1, -0.05) is 0 Å². The lowest BCUT2D eigenvalue weighted by Crippen LogP contribution is -2.21. The number of hydrogen-bond acceptors (Lipinski definition) is 7. The lowest BCUT2D eigenvalue weighted by Gasteiger charge is -2.10. The van der Waals surface area contributed by atoms with Gasteiger partial charge in [0.25, 0.3) is 17.5 Å². The van der Waals surface area contributed by atoms with Crippen LogP contribution in [0, 0.1) is 13.8 Å². The number of amides is 1. The molecule has 2 heterocycles. The lowest BCUT2D eigenvalue weighted by atomic mass is 10.1. The van der Waals surface area contributed by atoms with Gasteiger partial charge >= 0.3 is 18.8 Å². The molecule has 1 aromatic carbocycles. The number of carbonyl (C=O) groups excluding carboxylic acids is 2. The van der Waals surface area contributed by atoms with E-state index in [0.29, 0.717) is 17.0 Å². The summed E-state index contributed by atoms with van der Waals surface area (Å²) in [6.07, 6.45) is -4.79. The van der Waals surface area contributed by atoms with Crippen LogP contribution in [-0.2, 0) is 26.9 Å². The molecule has 1 N–H and O–H groups in total. The van der Waals surface area contributed by atoms with Crippen molar-refractivity contribution >= 4 is 23.3 Å². The van der Waals surface area contributed by atoms with Crippen LogP contribution in [0.1, 0.15) is 29.2 Å². The number of fused-ring (bicyclic) bond motifs is 1. The average Bonchev–Trinajstić information content (AvgIpc) is 3.18. The van der Waals surface area contributed by atoms with Gasteiger partial charge in [-0.25, -0.2) is 9.50 Å². The third kappa shape index (κ3) is 6.14. The monoisotopic (exact) mass is 487 g/mol. The topological polar surface area (TPSA) is 108 Å². The molecule has 0 aliphatic heterocycles. The number of aryl methyl sites for hydroxylation is 2. The minimum atomic E-state index is -4.72. The minimum Gasteiger partial charge on any atom is -0.456 e. The SMILES string of the molecule is Cc1nc2nc(C(F)(F)F)nn2c(C)c1CCC(=O)OCC(=O)Nc1ccc(OC(F)F)cc1. The van der Waals surface area contributed by atoms with Gasteiger partial charge in [-0.2, -0.15) is 26.9 Å². The van der Waals surface area contributed by atoms with E-state index in [1.54, 1.807) is 6.92 Å². The Morgan fingerprint density at radius 1 is 1.12 bits per heavy atom. The second-order valence-corrected chi connectivity index (χ2v) is 7.02. The van der Waals surface area contributed by atoms with Gasteiger partial charge < -0.3 is 14.8 Å². The quantitative estimate of drug-likeness (QED) is 0.383. The van der Waals surface area contributed by atoms with E-state index < -0.39 is 37.1 Å². The summed E-state index contributed by atoms with van der Waals surface area (Å²) in [4.78, 5) is 31.4. The van der Waals surface area contributed by atoms with Crippen LogP contribution < -0.4 is 10.1 Å². The predicted octanol–water partition coefficient (Wildman–Crippen LogP) is 3.48. The molecule has 0 saturated heterocycles. The summed E-state index contributed by atoms with van der Waals surface area (Å²) in [5, 5.41) is 5.86. The Balaban J connectivity index is 1.54. The maximum absolute atomic E-state index is 12.9. The van der Waals surface area contributed by atoms with Crippen LogP contribution >= 0.6 is 0 Å². The van der Waals surface area contributed by atoms with Crippen molar-refractivity contribution < 1.29 is 41.0 Å². The van der Waals surface area contributed by atoms with Crippen LogP contribution in [0.3, 0.4) is 0 Å². The molecule has 0 aliphatic carbocycles. The smallest absolute Gasteiger partial charge is 0.453 e. The average molecular weight is 487 g/mol. The molecular formula is C20H18F5N5O4. The highest BCUT2D eigenvalue weighted by Gasteiger charge is 2.37. The van der Waals surface area contributed by atoms with Crippen LogP contribution in [0.4, 0.5) is 27.6 Å². The van der Waals surface area contributed by atoms with E-state index >= 15 is 0 Å². The van der Waals surface area contributed by atoms with E-state index in [2.05, 4.69) is 25.1 Å². The maximum Gasteiger partial charge on any atom is 0.453 e. The summed E-state index contributed by atoms with van der Waals surface area (Å²) < 4.78 is 73.0. The second-order valence-electron chi connectivity index (χ2n) is 7.02. The second kappa shape index (κ2) is 9.97. The van der Waals surface area contributed by atoms with Crippen LogP contribution in [0.15, 0.2) is 24.3 Å². The summed E-state index contributed by atoms with van der Waals surface area (Å²) >= 11 is 0. The number of benzene rings is 1. The normalized spacial score (nSPS) is 11.6. The molecule has 0 aliphatic rings. The molecule has 0 bridgehead atoms. The molecule has 0 saturated carbocycles. The number of rotatable bonds is 8. The third-order valence-corrected chi connectivity index (χ3v) is 4.61. The zero-order chi connectivity index (χ0) is 25.0. The number of aromatic nitrogens is 4. The van der Waals surface area contributed by atoms with Gasteiger partial charge in [-0.15, -0.1) is 5.10 Å². The molecule has 3 aromatic rings. The molecule has 0 unspecified atom stereocenters. The first-order valence-electron chi connectivity index (χ1n) is 9.74. The van der Waals surface area contributed by atoms with Crippen molar-refractivity contribution in [3.63, 3.8) is 0 Å². The first-order chi connectivity index (χ1) is 15.9. The van der Waals surface area contributed by atoms with Gasteiger partial charge in [0.15, 0.2) is 6.61 Å². The number of alkyl halides is 5.